The second-order valence-corrected chi connectivity index (χ2v) is 9.21. The minimum Gasteiger partial charge on any atom is -0.326 e. The van der Waals surface area contributed by atoms with E-state index in [1.54, 1.807) is 27.8 Å². The van der Waals surface area contributed by atoms with Gasteiger partial charge in [-0.1, -0.05) is 30.3 Å². The summed E-state index contributed by atoms with van der Waals surface area (Å²) in [5.74, 6) is -0.956. The topological polar surface area (TPSA) is 68.1 Å². The Bertz CT molecular complexity index is 1280. The summed E-state index contributed by atoms with van der Waals surface area (Å²) in [6.07, 6.45) is 2.73. The Kier molecular flexibility index (Phi) is 5.35. The second kappa shape index (κ2) is 8.31. The molecule has 1 aliphatic heterocycles. The largest absolute Gasteiger partial charge is 0.326 e. The van der Waals surface area contributed by atoms with Crippen LogP contribution in [0, 0.1) is 13.8 Å². The predicted molar refractivity (Wildman–Crippen MR) is 125 cm³/mol. The van der Waals surface area contributed by atoms with Crippen LogP contribution in [0.4, 0.5) is 0 Å². The molecule has 0 saturated carbocycles. The molecular formula is C25H24N4O2S. The number of likely N-dealkylation sites (tertiary alicyclic amines) is 1. The fourth-order valence-electron chi connectivity index (χ4n) is 4.49. The number of benzene rings is 2. The number of nitrogens with zero attached hydrogens (tertiary/aromatic N) is 4. The van der Waals surface area contributed by atoms with Gasteiger partial charge in [0.05, 0.1) is 38.9 Å². The van der Waals surface area contributed by atoms with Crippen LogP contribution in [0.1, 0.15) is 52.1 Å². The van der Waals surface area contributed by atoms with Gasteiger partial charge in [-0.25, -0.2) is 9.67 Å². The third-order valence-electron chi connectivity index (χ3n) is 6.07. The number of ketones is 1. The van der Waals surface area contributed by atoms with Crippen molar-refractivity contribution in [3.8, 4) is 5.69 Å². The summed E-state index contributed by atoms with van der Waals surface area (Å²) in [4.78, 5) is 33.4. The molecule has 0 bridgehead atoms. The summed E-state index contributed by atoms with van der Waals surface area (Å²) in [6, 6.07) is 17.5. The average molecular weight is 445 g/mol. The number of amides is 1. The highest BCUT2D eigenvalue weighted by Gasteiger charge is 2.36. The van der Waals surface area contributed by atoms with Gasteiger partial charge >= 0.3 is 0 Å². The Hall–Kier alpha value is -3.32. The normalized spacial score (nSPS) is 16.4. The summed E-state index contributed by atoms with van der Waals surface area (Å²) in [6.45, 7) is 4.19. The van der Waals surface area contributed by atoms with Crippen molar-refractivity contribution < 1.29 is 9.59 Å². The van der Waals surface area contributed by atoms with Gasteiger partial charge in [0, 0.05) is 6.54 Å². The molecule has 2 aromatic heterocycles. The van der Waals surface area contributed by atoms with Crippen LogP contribution in [0.3, 0.4) is 0 Å². The maximum absolute atomic E-state index is 13.5. The molecule has 1 saturated heterocycles. The number of aryl methyl sites for hydroxylation is 1. The number of Topliss-reactive ketones (excluding diaryl/α,β-unsaturated/α-hetero) is 1. The summed E-state index contributed by atoms with van der Waals surface area (Å²) in [5.41, 5.74) is 3.45. The number of piperidine rings is 1. The van der Waals surface area contributed by atoms with Crippen LogP contribution in [0.2, 0.25) is 0 Å². The molecule has 0 N–H and O–H groups in total. The van der Waals surface area contributed by atoms with Crippen molar-refractivity contribution in [2.45, 2.75) is 39.2 Å². The third kappa shape index (κ3) is 3.52. The fourth-order valence-corrected chi connectivity index (χ4v) is 5.61. The lowest BCUT2D eigenvalue weighted by molar-refractivity contribution is -0.130. The standard InChI is InChI=1S/C25H24N4O2S/c1-16-22(17(2)29(27-16)18-10-4-3-5-11-18)23(30)25(31)28-15-9-8-13-20(28)24-26-19-12-6-7-14-21(19)32-24/h3-7,10-12,14,20H,8-9,13,15H2,1-2H3. The van der Waals surface area contributed by atoms with Gasteiger partial charge in [-0.15, -0.1) is 11.3 Å². The number of hydrogen-bond donors (Lipinski definition) is 0. The molecule has 1 unspecified atom stereocenters. The first kappa shape index (κ1) is 20.6. The molecule has 4 aromatic rings. The molecule has 0 radical (unpaired) electrons. The maximum Gasteiger partial charge on any atom is 0.295 e. The zero-order chi connectivity index (χ0) is 22.2. The monoisotopic (exact) mass is 444 g/mol. The van der Waals surface area contributed by atoms with Crippen LogP contribution in [0.25, 0.3) is 15.9 Å². The zero-order valence-electron chi connectivity index (χ0n) is 18.1. The third-order valence-corrected chi connectivity index (χ3v) is 7.21. The summed E-state index contributed by atoms with van der Waals surface area (Å²) >= 11 is 1.61. The smallest absolute Gasteiger partial charge is 0.295 e. The van der Waals surface area contributed by atoms with Crippen molar-refractivity contribution >= 4 is 33.2 Å². The number of para-hydroxylation sites is 2. The van der Waals surface area contributed by atoms with Crippen molar-refractivity contribution in [3.05, 3.63) is 76.6 Å². The first-order valence-corrected chi connectivity index (χ1v) is 11.7. The van der Waals surface area contributed by atoms with Crippen LogP contribution in [0.15, 0.2) is 54.6 Å². The van der Waals surface area contributed by atoms with Crippen LogP contribution < -0.4 is 0 Å². The quantitative estimate of drug-likeness (QED) is 0.327. The van der Waals surface area contributed by atoms with E-state index in [1.807, 2.05) is 61.5 Å². The van der Waals surface area contributed by atoms with E-state index in [0.717, 1.165) is 40.2 Å². The van der Waals surface area contributed by atoms with Gasteiger partial charge in [0.25, 0.3) is 11.7 Å². The van der Waals surface area contributed by atoms with Gasteiger partial charge in [0.1, 0.15) is 5.01 Å². The number of carbonyl (C=O) groups excluding carboxylic acids is 2. The summed E-state index contributed by atoms with van der Waals surface area (Å²) < 4.78 is 2.83. The van der Waals surface area contributed by atoms with Gasteiger partial charge in [-0.2, -0.15) is 5.10 Å². The highest BCUT2D eigenvalue weighted by molar-refractivity contribution is 7.18. The maximum atomic E-state index is 13.5. The van der Waals surface area contributed by atoms with Gasteiger partial charge in [-0.05, 0) is 57.4 Å². The van der Waals surface area contributed by atoms with Crippen LogP contribution in [0.5, 0.6) is 0 Å². The number of aromatic nitrogens is 3. The lowest BCUT2D eigenvalue weighted by Gasteiger charge is -2.34. The number of carbonyl (C=O) groups is 2. The molecule has 162 valence electrons. The van der Waals surface area contributed by atoms with Gasteiger partial charge < -0.3 is 4.90 Å². The Morgan fingerprint density at radius 2 is 1.75 bits per heavy atom. The average Bonchev–Trinajstić information content (AvgIpc) is 3.39. The molecule has 32 heavy (non-hydrogen) atoms. The molecule has 1 amide bonds. The Morgan fingerprint density at radius 1 is 1.00 bits per heavy atom. The molecule has 3 heterocycles. The highest BCUT2D eigenvalue weighted by Crippen LogP contribution is 2.36. The molecule has 1 atom stereocenters. The number of rotatable bonds is 4. The van der Waals surface area contributed by atoms with Crippen molar-refractivity contribution in [3.63, 3.8) is 0 Å². The molecule has 0 spiro atoms. The van der Waals surface area contributed by atoms with Crippen molar-refractivity contribution in [1.29, 1.82) is 0 Å². The van der Waals surface area contributed by atoms with Crippen LogP contribution in [-0.4, -0.2) is 37.9 Å². The molecule has 2 aromatic carbocycles. The van der Waals surface area contributed by atoms with E-state index in [1.165, 1.54) is 0 Å². The van der Waals surface area contributed by atoms with E-state index in [4.69, 9.17) is 4.98 Å². The van der Waals surface area contributed by atoms with Crippen molar-refractivity contribution in [2.75, 3.05) is 6.54 Å². The number of fused-ring (bicyclic) bond motifs is 1. The minimum absolute atomic E-state index is 0.164. The zero-order valence-corrected chi connectivity index (χ0v) is 18.9. The molecular weight excluding hydrogens is 420 g/mol. The summed E-state index contributed by atoms with van der Waals surface area (Å²) in [7, 11) is 0. The van der Waals surface area contributed by atoms with Gasteiger partial charge in [-0.3, -0.25) is 9.59 Å². The molecule has 1 fully saturated rings. The van der Waals surface area contributed by atoms with E-state index in [2.05, 4.69) is 5.10 Å². The van der Waals surface area contributed by atoms with Gasteiger partial charge in [0.2, 0.25) is 0 Å². The fraction of sp³-hybridized carbons (Fsp3) is 0.280. The molecule has 1 aliphatic rings. The Morgan fingerprint density at radius 3 is 2.53 bits per heavy atom. The highest BCUT2D eigenvalue weighted by atomic mass is 32.1. The van der Waals surface area contributed by atoms with E-state index in [0.29, 0.717) is 23.5 Å². The molecule has 6 nitrogen and oxygen atoms in total. The van der Waals surface area contributed by atoms with Gasteiger partial charge in [0.15, 0.2) is 0 Å². The predicted octanol–water partition coefficient (Wildman–Crippen LogP) is 5.04. The summed E-state index contributed by atoms with van der Waals surface area (Å²) in [5, 5.41) is 5.45. The van der Waals surface area contributed by atoms with Crippen LogP contribution >= 0.6 is 11.3 Å². The number of hydrogen-bond acceptors (Lipinski definition) is 5. The number of thiazole rings is 1. The molecule has 0 aliphatic carbocycles. The van der Waals surface area contributed by atoms with E-state index >= 15 is 0 Å². The molecule has 7 heteroatoms. The van der Waals surface area contributed by atoms with Crippen molar-refractivity contribution in [1.82, 2.24) is 19.7 Å². The Balaban J connectivity index is 1.47. The van der Waals surface area contributed by atoms with Crippen molar-refractivity contribution in [2.24, 2.45) is 0 Å². The second-order valence-electron chi connectivity index (χ2n) is 8.15. The first-order valence-electron chi connectivity index (χ1n) is 10.9. The van der Waals surface area contributed by atoms with Crippen LogP contribution in [-0.2, 0) is 4.79 Å². The van der Waals surface area contributed by atoms with E-state index in [-0.39, 0.29) is 6.04 Å². The lowest BCUT2D eigenvalue weighted by atomic mass is 10.00. The SMILES string of the molecule is Cc1nn(-c2ccccc2)c(C)c1C(=O)C(=O)N1CCCCC1c1nc2ccccc2s1. The Labute approximate surface area is 190 Å². The minimum atomic E-state index is -0.491. The van der Waals surface area contributed by atoms with E-state index in [9.17, 15) is 9.59 Å². The first-order chi connectivity index (χ1) is 15.5. The lowest BCUT2D eigenvalue weighted by Crippen LogP contribution is -2.42. The van der Waals surface area contributed by atoms with E-state index < -0.39 is 11.7 Å². The molecule has 5 rings (SSSR count).